The third-order valence-corrected chi connectivity index (χ3v) is 4.20. The van der Waals surface area contributed by atoms with Gasteiger partial charge in [0, 0.05) is 33.4 Å². The summed E-state index contributed by atoms with van der Waals surface area (Å²) in [5.41, 5.74) is 1.18. The monoisotopic (exact) mass is 355 g/mol. The molecule has 2 aromatic heterocycles. The molecular formula is C19H25N5O2. The third-order valence-electron chi connectivity index (χ3n) is 4.20. The lowest BCUT2D eigenvalue weighted by molar-refractivity contribution is -0.00545. The molecule has 0 radical (unpaired) electrons. The molecule has 3 rings (SSSR count). The van der Waals surface area contributed by atoms with E-state index in [4.69, 9.17) is 4.74 Å². The van der Waals surface area contributed by atoms with Gasteiger partial charge in [-0.25, -0.2) is 9.97 Å². The van der Waals surface area contributed by atoms with Crippen LogP contribution in [0.15, 0.2) is 36.7 Å². The normalized spacial score (nSPS) is 19.9. The summed E-state index contributed by atoms with van der Waals surface area (Å²) < 4.78 is 5.76. The maximum Gasteiger partial charge on any atom is 0.259 e. The second-order valence-corrected chi connectivity index (χ2v) is 6.79. The van der Waals surface area contributed by atoms with Gasteiger partial charge in [-0.1, -0.05) is 0 Å². The van der Waals surface area contributed by atoms with E-state index in [-0.39, 0.29) is 18.1 Å². The molecule has 2 atom stereocenters. The van der Waals surface area contributed by atoms with Gasteiger partial charge >= 0.3 is 0 Å². The van der Waals surface area contributed by atoms with Crippen LogP contribution < -0.4 is 15.1 Å². The van der Waals surface area contributed by atoms with E-state index in [1.54, 1.807) is 24.5 Å². The van der Waals surface area contributed by atoms with Gasteiger partial charge in [-0.3, -0.25) is 4.79 Å². The number of carbonyl (C=O) groups is 1. The Kier molecular flexibility index (Phi) is 5.37. The van der Waals surface area contributed by atoms with Gasteiger partial charge in [0.2, 0.25) is 0 Å². The van der Waals surface area contributed by atoms with Gasteiger partial charge in [0.25, 0.3) is 5.91 Å². The Balaban J connectivity index is 1.71. The van der Waals surface area contributed by atoms with E-state index in [9.17, 15) is 4.79 Å². The molecule has 1 aliphatic heterocycles. The number of morpholine rings is 1. The molecule has 3 heterocycles. The van der Waals surface area contributed by atoms with Crippen molar-refractivity contribution in [3.05, 3.63) is 42.2 Å². The number of nitrogens with zero attached hydrogens (tertiary/aromatic N) is 4. The molecule has 1 fully saturated rings. The maximum absolute atomic E-state index is 12.6. The van der Waals surface area contributed by atoms with Crippen LogP contribution in [0.4, 0.5) is 17.3 Å². The summed E-state index contributed by atoms with van der Waals surface area (Å²) in [6.45, 7) is 5.75. The number of pyridine rings is 2. The Morgan fingerprint density at radius 1 is 1.19 bits per heavy atom. The summed E-state index contributed by atoms with van der Waals surface area (Å²) in [5.74, 6) is 1.32. The first-order valence-corrected chi connectivity index (χ1v) is 8.74. The second-order valence-electron chi connectivity index (χ2n) is 6.79. The molecule has 7 nitrogen and oxygen atoms in total. The predicted molar refractivity (Wildman–Crippen MR) is 103 cm³/mol. The number of rotatable bonds is 4. The van der Waals surface area contributed by atoms with Crippen molar-refractivity contribution in [2.24, 2.45) is 0 Å². The number of hydrogen-bond donors (Lipinski definition) is 1. The fraction of sp³-hybridized carbons (Fsp3) is 0.421. The van der Waals surface area contributed by atoms with Gasteiger partial charge in [-0.15, -0.1) is 0 Å². The van der Waals surface area contributed by atoms with Crippen LogP contribution in [0, 0.1) is 0 Å². The number of carbonyl (C=O) groups excluding carboxylic acids is 1. The van der Waals surface area contributed by atoms with Gasteiger partial charge in [0.15, 0.2) is 0 Å². The summed E-state index contributed by atoms with van der Waals surface area (Å²) in [4.78, 5) is 25.4. The minimum atomic E-state index is -0.204. The van der Waals surface area contributed by atoms with Crippen molar-refractivity contribution in [3.63, 3.8) is 0 Å². The largest absolute Gasteiger partial charge is 0.372 e. The van der Waals surface area contributed by atoms with E-state index in [1.165, 1.54) is 0 Å². The average molecular weight is 355 g/mol. The van der Waals surface area contributed by atoms with Crippen molar-refractivity contribution in [1.82, 2.24) is 9.97 Å². The molecule has 0 aromatic carbocycles. The number of anilines is 3. The zero-order valence-corrected chi connectivity index (χ0v) is 15.6. The predicted octanol–water partition coefficient (Wildman–Crippen LogP) is 2.41. The van der Waals surface area contributed by atoms with E-state index < -0.39 is 0 Å². The van der Waals surface area contributed by atoms with Gasteiger partial charge in [-0.05, 0) is 38.1 Å². The number of nitrogens with one attached hydrogen (secondary N) is 1. The average Bonchev–Trinajstić information content (AvgIpc) is 2.61. The van der Waals surface area contributed by atoms with Gasteiger partial charge in [0.1, 0.15) is 11.6 Å². The molecule has 138 valence electrons. The van der Waals surface area contributed by atoms with Crippen LogP contribution in [0.2, 0.25) is 0 Å². The Morgan fingerprint density at radius 3 is 2.54 bits per heavy atom. The molecule has 1 aliphatic rings. The quantitative estimate of drug-likeness (QED) is 0.908. The van der Waals surface area contributed by atoms with Crippen molar-refractivity contribution in [2.45, 2.75) is 26.1 Å². The zero-order valence-electron chi connectivity index (χ0n) is 15.6. The first-order valence-electron chi connectivity index (χ1n) is 8.74. The van der Waals surface area contributed by atoms with Crippen molar-refractivity contribution < 1.29 is 9.53 Å². The zero-order chi connectivity index (χ0) is 18.7. The molecule has 1 amide bonds. The highest BCUT2D eigenvalue weighted by Gasteiger charge is 2.23. The maximum atomic E-state index is 12.6. The smallest absolute Gasteiger partial charge is 0.259 e. The molecule has 2 aromatic rings. The third kappa shape index (κ3) is 4.11. The molecule has 0 spiro atoms. The van der Waals surface area contributed by atoms with E-state index in [0.717, 1.165) is 18.9 Å². The van der Waals surface area contributed by atoms with E-state index >= 15 is 0 Å². The molecule has 26 heavy (non-hydrogen) atoms. The summed E-state index contributed by atoms with van der Waals surface area (Å²) in [6, 6.07) is 7.31. The number of hydrogen-bond acceptors (Lipinski definition) is 6. The summed E-state index contributed by atoms with van der Waals surface area (Å²) >= 11 is 0. The SMILES string of the molecule is CC1CN(c2ccc(NC(=O)c3cccnc3N(C)C)cn2)CC(C)O1. The van der Waals surface area contributed by atoms with Gasteiger partial charge in [-0.2, -0.15) is 0 Å². The molecule has 7 heteroatoms. The molecule has 2 unspecified atom stereocenters. The highest BCUT2D eigenvalue weighted by atomic mass is 16.5. The highest BCUT2D eigenvalue weighted by Crippen LogP contribution is 2.21. The second kappa shape index (κ2) is 7.70. The van der Waals surface area contributed by atoms with Crippen LogP contribution in [0.1, 0.15) is 24.2 Å². The van der Waals surface area contributed by atoms with Crippen LogP contribution in [-0.4, -0.2) is 55.3 Å². The van der Waals surface area contributed by atoms with Crippen LogP contribution in [0.3, 0.4) is 0 Å². The summed E-state index contributed by atoms with van der Waals surface area (Å²) in [5, 5.41) is 2.89. The van der Waals surface area contributed by atoms with Crippen molar-refractivity contribution in [3.8, 4) is 0 Å². The van der Waals surface area contributed by atoms with Crippen LogP contribution in [0.25, 0.3) is 0 Å². The van der Waals surface area contributed by atoms with Gasteiger partial charge in [0.05, 0.1) is 29.7 Å². The standard InChI is InChI=1S/C19H25N5O2/c1-13-11-24(12-14(2)26-13)17-8-7-15(10-21-17)22-19(25)16-6-5-9-20-18(16)23(3)4/h5-10,13-14H,11-12H2,1-4H3,(H,22,25). The number of aromatic nitrogens is 2. The molecule has 1 saturated heterocycles. The lowest BCUT2D eigenvalue weighted by Gasteiger charge is -2.36. The fourth-order valence-electron chi connectivity index (χ4n) is 3.14. The van der Waals surface area contributed by atoms with Crippen LogP contribution >= 0.6 is 0 Å². The van der Waals surface area contributed by atoms with E-state index in [2.05, 4.69) is 34.0 Å². The fourth-order valence-corrected chi connectivity index (χ4v) is 3.14. The van der Waals surface area contributed by atoms with Gasteiger partial charge < -0.3 is 19.9 Å². The molecular weight excluding hydrogens is 330 g/mol. The number of ether oxygens (including phenoxy) is 1. The van der Waals surface area contributed by atoms with Crippen molar-refractivity contribution in [1.29, 1.82) is 0 Å². The van der Waals surface area contributed by atoms with E-state index in [1.807, 2.05) is 31.1 Å². The lowest BCUT2D eigenvalue weighted by Crippen LogP contribution is -2.45. The summed E-state index contributed by atoms with van der Waals surface area (Å²) in [7, 11) is 3.72. The minimum Gasteiger partial charge on any atom is -0.372 e. The molecule has 0 aliphatic carbocycles. The van der Waals surface area contributed by atoms with Crippen molar-refractivity contribution in [2.75, 3.05) is 42.3 Å². The molecule has 0 bridgehead atoms. The Bertz CT molecular complexity index is 753. The minimum absolute atomic E-state index is 0.176. The Labute approximate surface area is 154 Å². The molecule has 1 N–H and O–H groups in total. The summed E-state index contributed by atoms with van der Waals surface area (Å²) in [6.07, 6.45) is 3.71. The highest BCUT2D eigenvalue weighted by molar-refractivity contribution is 6.07. The van der Waals surface area contributed by atoms with Crippen molar-refractivity contribution >= 4 is 23.2 Å². The Morgan fingerprint density at radius 2 is 1.92 bits per heavy atom. The lowest BCUT2D eigenvalue weighted by atomic mass is 10.2. The molecule has 0 saturated carbocycles. The van der Waals surface area contributed by atoms with Crippen LogP contribution in [-0.2, 0) is 4.74 Å². The first kappa shape index (κ1) is 18.1. The van der Waals surface area contributed by atoms with E-state index in [0.29, 0.717) is 17.1 Å². The topological polar surface area (TPSA) is 70.6 Å². The Hall–Kier alpha value is -2.67. The van der Waals surface area contributed by atoms with Crippen LogP contribution in [0.5, 0.6) is 0 Å². The number of amides is 1. The first-order chi connectivity index (χ1) is 12.4.